The highest BCUT2D eigenvalue weighted by molar-refractivity contribution is 6.06. The standard InChI is InChI=1S/C23H23N3O6/c1-31-21(28)17-6-3-4-12-24(19(17)22(29)32-2)16-10-8-15(9-11-16)14-26-20(27)18-7-5-13-25(18)23(26)30/h3-4,6,8-12,18H,5,7,13-14H2,1-2H3. The van der Waals surface area contributed by atoms with Crippen molar-refractivity contribution in [3.05, 3.63) is 65.5 Å². The first-order chi connectivity index (χ1) is 15.5. The zero-order chi connectivity index (χ0) is 22.8. The molecule has 9 heteroatoms. The number of fused-ring (bicyclic) bond motifs is 1. The van der Waals surface area contributed by atoms with E-state index in [2.05, 4.69) is 0 Å². The maximum Gasteiger partial charge on any atom is 0.355 e. The van der Waals surface area contributed by atoms with Crippen LogP contribution in [0.4, 0.5) is 10.5 Å². The van der Waals surface area contributed by atoms with Crippen LogP contribution in [-0.4, -0.2) is 60.5 Å². The lowest BCUT2D eigenvalue weighted by Gasteiger charge is -2.23. The van der Waals surface area contributed by atoms with Gasteiger partial charge in [0.25, 0.3) is 5.91 Å². The molecule has 3 amide bonds. The summed E-state index contributed by atoms with van der Waals surface area (Å²) < 4.78 is 9.71. The maximum atomic E-state index is 12.6. The summed E-state index contributed by atoms with van der Waals surface area (Å²) in [4.78, 5) is 54.3. The van der Waals surface area contributed by atoms with Gasteiger partial charge in [-0.15, -0.1) is 0 Å². The molecule has 0 N–H and O–H groups in total. The van der Waals surface area contributed by atoms with Crippen molar-refractivity contribution in [2.75, 3.05) is 25.7 Å². The lowest BCUT2D eigenvalue weighted by atomic mass is 10.1. The summed E-state index contributed by atoms with van der Waals surface area (Å²) in [6.07, 6.45) is 7.99. The second-order valence-electron chi connectivity index (χ2n) is 7.54. The zero-order valence-corrected chi connectivity index (χ0v) is 17.8. The summed E-state index contributed by atoms with van der Waals surface area (Å²) in [5.74, 6) is -1.52. The number of hydrogen-bond acceptors (Lipinski definition) is 7. The number of nitrogens with zero attached hydrogens (tertiary/aromatic N) is 3. The molecular weight excluding hydrogens is 414 g/mol. The summed E-state index contributed by atoms with van der Waals surface area (Å²) >= 11 is 0. The van der Waals surface area contributed by atoms with Crippen LogP contribution in [0, 0.1) is 0 Å². The predicted molar refractivity (Wildman–Crippen MR) is 114 cm³/mol. The second-order valence-corrected chi connectivity index (χ2v) is 7.54. The first-order valence-corrected chi connectivity index (χ1v) is 10.2. The number of imide groups is 1. The second kappa shape index (κ2) is 8.70. The van der Waals surface area contributed by atoms with Gasteiger partial charge >= 0.3 is 18.0 Å². The summed E-state index contributed by atoms with van der Waals surface area (Å²) in [7, 11) is 2.47. The summed E-state index contributed by atoms with van der Waals surface area (Å²) in [6, 6.07) is 6.46. The molecule has 166 valence electrons. The molecule has 9 nitrogen and oxygen atoms in total. The minimum Gasteiger partial charge on any atom is -0.465 e. The Morgan fingerprint density at radius 1 is 1.03 bits per heavy atom. The molecule has 0 radical (unpaired) electrons. The Kier molecular flexibility index (Phi) is 5.81. The third-order valence-corrected chi connectivity index (χ3v) is 5.72. The molecule has 1 unspecified atom stereocenters. The van der Waals surface area contributed by atoms with Crippen molar-refractivity contribution in [1.29, 1.82) is 0 Å². The van der Waals surface area contributed by atoms with Gasteiger partial charge in [0.2, 0.25) is 0 Å². The minimum absolute atomic E-state index is 0.0163. The molecule has 0 saturated carbocycles. The van der Waals surface area contributed by atoms with Crippen LogP contribution in [0.15, 0.2) is 60.0 Å². The van der Waals surface area contributed by atoms with Gasteiger partial charge in [0.15, 0.2) is 0 Å². The number of esters is 2. The van der Waals surface area contributed by atoms with E-state index < -0.39 is 11.9 Å². The lowest BCUT2D eigenvalue weighted by molar-refractivity contribution is -0.139. The Morgan fingerprint density at radius 2 is 1.75 bits per heavy atom. The van der Waals surface area contributed by atoms with Crippen LogP contribution in [0.5, 0.6) is 0 Å². The lowest BCUT2D eigenvalue weighted by Crippen LogP contribution is -2.32. The van der Waals surface area contributed by atoms with E-state index in [4.69, 9.17) is 9.47 Å². The van der Waals surface area contributed by atoms with E-state index in [0.717, 1.165) is 12.0 Å². The molecule has 0 aliphatic carbocycles. The number of methoxy groups -OCH3 is 2. The van der Waals surface area contributed by atoms with Crippen molar-refractivity contribution >= 4 is 29.6 Å². The van der Waals surface area contributed by atoms with E-state index in [1.54, 1.807) is 47.5 Å². The molecule has 3 heterocycles. The quantitative estimate of drug-likeness (QED) is 0.514. The highest BCUT2D eigenvalue weighted by atomic mass is 16.5. The van der Waals surface area contributed by atoms with Gasteiger partial charge < -0.3 is 19.3 Å². The van der Waals surface area contributed by atoms with Crippen LogP contribution in [0.2, 0.25) is 0 Å². The number of allylic oxidation sites excluding steroid dienone is 2. The molecular formula is C23H23N3O6. The Balaban J connectivity index is 1.60. The Hall–Kier alpha value is -3.88. The number of anilines is 1. The number of amides is 3. The summed E-state index contributed by atoms with van der Waals surface area (Å²) in [6.45, 7) is 0.792. The van der Waals surface area contributed by atoms with Crippen LogP contribution < -0.4 is 4.90 Å². The maximum absolute atomic E-state index is 12.6. The smallest absolute Gasteiger partial charge is 0.355 e. The topological polar surface area (TPSA) is 96.5 Å². The normalized spacial score (nSPS) is 20.1. The van der Waals surface area contributed by atoms with Crippen LogP contribution in [-0.2, 0) is 30.4 Å². The number of carbonyl (C=O) groups excluding carboxylic acids is 4. The van der Waals surface area contributed by atoms with E-state index in [1.165, 1.54) is 30.1 Å². The molecule has 2 fully saturated rings. The van der Waals surface area contributed by atoms with Crippen LogP contribution >= 0.6 is 0 Å². The average molecular weight is 437 g/mol. The Morgan fingerprint density at radius 3 is 2.41 bits per heavy atom. The molecule has 0 spiro atoms. The van der Waals surface area contributed by atoms with Crippen molar-refractivity contribution in [2.24, 2.45) is 0 Å². The van der Waals surface area contributed by atoms with Gasteiger partial charge in [-0.25, -0.2) is 14.4 Å². The largest absolute Gasteiger partial charge is 0.465 e. The van der Waals surface area contributed by atoms with Gasteiger partial charge in [0.1, 0.15) is 11.7 Å². The van der Waals surface area contributed by atoms with Crippen molar-refractivity contribution in [2.45, 2.75) is 25.4 Å². The molecule has 4 rings (SSSR count). The molecule has 32 heavy (non-hydrogen) atoms. The Bertz CT molecular complexity index is 1030. The number of rotatable bonds is 5. The first-order valence-electron chi connectivity index (χ1n) is 10.2. The SMILES string of the molecule is COC(=O)C1=C(C(=O)OC)N(c2ccc(CN3C(=O)C4CCCN4C3=O)cc2)C=CC=C1. The van der Waals surface area contributed by atoms with Crippen LogP contribution in [0.3, 0.4) is 0 Å². The van der Waals surface area contributed by atoms with E-state index >= 15 is 0 Å². The minimum atomic E-state index is -0.695. The third kappa shape index (κ3) is 3.66. The van der Waals surface area contributed by atoms with Crippen molar-refractivity contribution in [1.82, 2.24) is 9.80 Å². The molecule has 0 bridgehead atoms. The van der Waals surface area contributed by atoms with Crippen molar-refractivity contribution in [3.8, 4) is 0 Å². The summed E-state index contributed by atoms with van der Waals surface area (Å²) in [5.41, 5.74) is 1.44. The molecule has 3 aliphatic rings. The highest BCUT2D eigenvalue weighted by Crippen LogP contribution is 2.30. The third-order valence-electron chi connectivity index (χ3n) is 5.72. The van der Waals surface area contributed by atoms with Gasteiger partial charge in [-0.1, -0.05) is 18.2 Å². The molecule has 2 saturated heterocycles. The van der Waals surface area contributed by atoms with E-state index in [9.17, 15) is 19.2 Å². The fourth-order valence-electron chi connectivity index (χ4n) is 4.14. The molecule has 3 aliphatic heterocycles. The molecule has 1 aromatic carbocycles. The molecule has 1 aromatic rings. The van der Waals surface area contributed by atoms with Crippen LogP contribution in [0.1, 0.15) is 18.4 Å². The number of urea groups is 1. The van der Waals surface area contributed by atoms with E-state index in [-0.39, 0.29) is 35.8 Å². The van der Waals surface area contributed by atoms with E-state index in [1.807, 2.05) is 0 Å². The van der Waals surface area contributed by atoms with Gasteiger partial charge in [0.05, 0.1) is 26.3 Å². The van der Waals surface area contributed by atoms with Gasteiger partial charge in [-0.2, -0.15) is 0 Å². The fraction of sp³-hybridized carbons (Fsp3) is 0.304. The van der Waals surface area contributed by atoms with Crippen LogP contribution in [0.25, 0.3) is 0 Å². The van der Waals surface area contributed by atoms with E-state index in [0.29, 0.717) is 18.7 Å². The van der Waals surface area contributed by atoms with Gasteiger partial charge in [-0.3, -0.25) is 9.69 Å². The molecule has 1 atom stereocenters. The molecule has 0 aromatic heterocycles. The highest BCUT2D eigenvalue weighted by Gasteiger charge is 2.47. The monoisotopic (exact) mass is 437 g/mol. The zero-order valence-electron chi connectivity index (χ0n) is 17.8. The summed E-state index contributed by atoms with van der Waals surface area (Å²) in [5, 5.41) is 0. The Labute approximate surface area is 185 Å². The van der Waals surface area contributed by atoms with Crippen molar-refractivity contribution < 1.29 is 28.7 Å². The fourth-order valence-corrected chi connectivity index (χ4v) is 4.14. The van der Waals surface area contributed by atoms with Gasteiger partial charge in [0, 0.05) is 18.4 Å². The first kappa shape index (κ1) is 21.4. The van der Waals surface area contributed by atoms with Crippen molar-refractivity contribution in [3.63, 3.8) is 0 Å². The predicted octanol–water partition coefficient (Wildman–Crippen LogP) is 2.10. The number of carbonyl (C=O) groups is 4. The average Bonchev–Trinajstić information content (AvgIpc) is 3.30. The van der Waals surface area contributed by atoms with Gasteiger partial charge in [-0.05, 0) is 42.7 Å². The number of hydrogen-bond donors (Lipinski definition) is 0. The number of benzene rings is 1. The number of ether oxygens (including phenoxy) is 2.